The van der Waals surface area contributed by atoms with E-state index >= 15 is 0 Å². The van der Waals surface area contributed by atoms with Crippen molar-refractivity contribution in [3.8, 4) is 0 Å². The average molecular weight is 370 g/mol. The lowest BCUT2D eigenvalue weighted by Crippen LogP contribution is -2.54. The Labute approximate surface area is 157 Å². The molecule has 4 amide bonds. The van der Waals surface area contributed by atoms with Gasteiger partial charge in [0.25, 0.3) is 5.91 Å². The Kier molecular flexibility index (Phi) is 4.33. The van der Waals surface area contributed by atoms with Crippen LogP contribution in [0.5, 0.6) is 0 Å². The number of benzene rings is 1. The number of amides is 4. The van der Waals surface area contributed by atoms with Crippen molar-refractivity contribution >= 4 is 29.3 Å². The molecule has 3 aliphatic heterocycles. The molecule has 0 saturated carbocycles. The lowest BCUT2D eigenvalue weighted by atomic mass is 10.1. The molecule has 142 valence electrons. The van der Waals surface area contributed by atoms with E-state index in [2.05, 4.69) is 5.32 Å². The third kappa shape index (κ3) is 3.15. The summed E-state index contributed by atoms with van der Waals surface area (Å²) in [6.07, 6.45) is 1.26. The molecular formula is C19H22N4O4. The summed E-state index contributed by atoms with van der Waals surface area (Å²) < 4.78 is 0. The van der Waals surface area contributed by atoms with E-state index in [9.17, 15) is 19.2 Å². The molecule has 2 saturated heterocycles. The molecule has 1 atom stereocenters. The Bertz CT molecular complexity index is 829. The van der Waals surface area contributed by atoms with Crippen LogP contribution in [0.4, 0.5) is 5.69 Å². The summed E-state index contributed by atoms with van der Waals surface area (Å²) in [5.41, 5.74) is 2.30. The highest BCUT2D eigenvalue weighted by atomic mass is 16.2. The molecule has 1 aromatic carbocycles. The highest BCUT2D eigenvalue weighted by molar-refractivity contribution is 6.03. The summed E-state index contributed by atoms with van der Waals surface area (Å²) in [6.45, 7) is 1.84. The molecule has 4 rings (SSSR count). The van der Waals surface area contributed by atoms with E-state index < -0.39 is 6.04 Å². The number of piperazine rings is 1. The van der Waals surface area contributed by atoms with Gasteiger partial charge in [0, 0.05) is 50.9 Å². The van der Waals surface area contributed by atoms with E-state index in [0.29, 0.717) is 51.0 Å². The zero-order valence-corrected chi connectivity index (χ0v) is 15.2. The van der Waals surface area contributed by atoms with Gasteiger partial charge in [-0.25, -0.2) is 0 Å². The molecule has 3 heterocycles. The first-order valence-corrected chi connectivity index (χ1v) is 9.21. The molecule has 1 aromatic rings. The molecular weight excluding hydrogens is 348 g/mol. The number of fused-ring (bicyclic) bond motifs is 1. The van der Waals surface area contributed by atoms with Crippen molar-refractivity contribution in [1.82, 2.24) is 15.1 Å². The number of carbonyl (C=O) groups is 4. The number of hydrogen-bond acceptors (Lipinski definition) is 4. The highest BCUT2D eigenvalue weighted by Crippen LogP contribution is 2.28. The Morgan fingerprint density at radius 2 is 1.78 bits per heavy atom. The summed E-state index contributed by atoms with van der Waals surface area (Å²) >= 11 is 0. The Morgan fingerprint density at radius 1 is 1.07 bits per heavy atom. The molecule has 1 N–H and O–H groups in total. The average Bonchev–Trinajstić information content (AvgIpc) is 3.24. The number of nitrogens with zero attached hydrogens (tertiary/aromatic N) is 3. The van der Waals surface area contributed by atoms with E-state index in [4.69, 9.17) is 0 Å². The number of likely N-dealkylation sites (N-methyl/N-ethyl adjacent to an activating group) is 1. The first kappa shape index (κ1) is 17.5. The monoisotopic (exact) mass is 370 g/mol. The fourth-order valence-corrected chi connectivity index (χ4v) is 3.94. The highest BCUT2D eigenvalue weighted by Gasteiger charge is 2.33. The standard InChI is InChI=1S/C19H22N4O4/c1-21-15-4-2-12(10-13(15)11-17(21)25)18(26)22-6-8-23(9-7-22)19(27)14-3-5-16(24)20-14/h2,4,10,14H,3,5-9,11H2,1H3,(H,20,24). The molecule has 0 bridgehead atoms. The Morgan fingerprint density at radius 3 is 2.44 bits per heavy atom. The summed E-state index contributed by atoms with van der Waals surface area (Å²) in [4.78, 5) is 53.4. The molecule has 2 fully saturated rings. The SMILES string of the molecule is CN1C(=O)Cc2cc(C(=O)N3CCN(C(=O)C4CCC(=O)N4)CC3)ccc21. The second-order valence-electron chi connectivity index (χ2n) is 7.25. The van der Waals surface area contributed by atoms with E-state index in [1.807, 2.05) is 6.07 Å². The van der Waals surface area contributed by atoms with Crippen LogP contribution >= 0.6 is 0 Å². The van der Waals surface area contributed by atoms with Gasteiger partial charge in [-0.1, -0.05) is 0 Å². The molecule has 27 heavy (non-hydrogen) atoms. The number of carbonyl (C=O) groups excluding carboxylic acids is 4. The maximum atomic E-state index is 12.8. The van der Waals surface area contributed by atoms with Crippen molar-refractivity contribution in [2.45, 2.75) is 25.3 Å². The van der Waals surface area contributed by atoms with Gasteiger partial charge >= 0.3 is 0 Å². The second kappa shape index (κ2) is 6.68. The Hall–Kier alpha value is -2.90. The van der Waals surface area contributed by atoms with Gasteiger partial charge in [0.1, 0.15) is 6.04 Å². The van der Waals surface area contributed by atoms with Crippen LogP contribution in [0.25, 0.3) is 0 Å². The van der Waals surface area contributed by atoms with Crippen molar-refractivity contribution in [1.29, 1.82) is 0 Å². The fourth-order valence-electron chi connectivity index (χ4n) is 3.94. The minimum absolute atomic E-state index is 0.0285. The summed E-state index contributed by atoms with van der Waals surface area (Å²) in [7, 11) is 1.73. The summed E-state index contributed by atoms with van der Waals surface area (Å²) in [5.74, 6) is -0.197. The van der Waals surface area contributed by atoms with Crippen LogP contribution in [0.1, 0.15) is 28.8 Å². The van der Waals surface area contributed by atoms with Gasteiger partial charge in [-0.05, 0) is 30.2 Å². The smallest absolute Gasteiger partial charge is 0.253 e. The predicted octanol–water partition coefficient (Wildman–Crippen LogP) is -0.231. The quantitative estimate of drug-likeness (QED) is 0.779. The van der Waals surface area contributed by atoms with Gasteiger partial charge in [-0.3, -0.25) is 19.2 Å². The topological polar surface area (TPSA) is 90.0 Å². The lowest BCUT2D eigenvalue weighted by molar-refractivity contribution is -0.135. The van der Waals surface area contributed by atoms with Crippen LogP contribution in [-0.4, -0.2) is 72.7 Å². The molecule has 0 aromatic heterocycles. The van der Waals surface area contributed by atoms with Crippen molar-refractivity contribution in [3.05, 3.63) is 29.3 Å². The van der Waals surface area contributed by atoms with Crippen molar-refractivity contribution < 1.29 is 19.2 Å². The molecule has 3 aliphatic rings. The van der Waals surface area contributed by atoms with Gasteiger partial charge in [0.15, 0.2) is 0 Å². The predicted molar refractivity (Wildman–Crippen MR) is 97.2 cm³/mol. The largest absolute Gasteiger partial charge is 0.344 e. The Balaban J connectivity index is 1.38. The van der Waals surface area contributed by atoms with E-state index in [0.717, 1.165) is 11.3 Å². The van der Waals surface area contributed by atoms with Crippen molar-refractivity contribution in [3.63, 3.8) is 0 Å². The summed E-state index contributed by atoms with van der Waals surface area (Å²) in [5, 5.41) is 2.70. The van der Waals surface area contributed by atoms with Crippen LogP contribution < -0.4 is 10.2 Å². The van der Waals surface area contributed by atoms with Gasteiger partial charge in [0.2, 0.25) is 17.7 Å². The van der Waals surface area contributed by atoms with E-state index in [-0.39, 0.29) is 23.6 Å². The maximum absolute atomic E-state index is 12.8. The second-order valence-corrected chi connectivity index (χ2v) is 7.25. The molecule has 0 aliphatic carbocycles. The summed E-state index contributed by atoms with van der Waals surface area (Å²) in [6, 6.07) is 4.94. The van der Waals surface area contributed by atoms with Gasteiger partial charge < -0.3 is 20.0 Å². The molecule has 8 nitrogen and oxygen atoms in total. The van der Waals surface area contributed by atoms with Gasteiger partial charge in [-0.15, -0.1) is 0 Å². The third-order valence-electron chi connectivity index (χ3n) is 5.58. The number of nitrogens with one attached hydrogen (secondary N) is 1. The fraction of sp³-hybridized carbons (Fsp3) is 0.474. The van der Waals surface area contributed by atoms with Crippen LogP contribution in [0, 0.1) is 0 Å². The number of hydrogen-bond donors (Lipinski definition) is 1. The molecule has 0 spiro atoms. The van der Waals surface area contributed by atoms with Crippen molar-refractivity contribution in [2.24, 2.45) is 0 Å². The molecule has 0 radical (unpaired) electrons. The zero-order chi connectivity index (χ0) is 19.1. The number of anilines is 1. The first-order chi connectivity index (χ1) is 12.9. The van der Waals surface area contributed by atoms with Crippen LogP contribution in [0.3, 0.4) is 0 Å². The van der Waals surface area contributed by atoms with Gasteiger partial charge in [0.05, 0.1) is 6.42 Å². The third-order valence-corrected chi connectivity index (χ3v) is 5.58. The molecule has 8 heteroatoms. The van der Waals surface area contributed by atoms with E-state index in [1.165, 1.54) is 0 Å². The normalized spacial score (nSPS) is 22.1. The minimum Gasteiger partial charge on any atom is -0.344 e. The number of rotatable bonds is 2. The zero-order valence-electron chi connectivity index (χ0n) is 15.2. The van der Waals surface area contributed by atoms with Crippen LogP contribution in [-0.2, 0) is 20.8 Å². The van der Waals surface area contributed by atoms with E-state index in [1.54, 1.807) is 33.9 Å². The first-order valence-electron chi connectivity index (χ1n) is 9.21. The van der Waals surface area contributed by atoms with Crippen LogP contribution in [0.2, 0.25) is 0 Å². The minimum atomic E-state index is -0.425. The molecule has 1 unspecified atom stereocenters. The van der Waals surface area contributed by atoms with Crippen molar-refractivity contribution in [2.75, 3.05) is 38.1 Å². The maximum Gasteiger partial charge on any atom is 0.253 e. The lowest BCUT2D eigenvalue weighted by Gasteiger charge is -2.36. The van der Waals surface area contributed by atoms with Gasteiger partial charge in [-0.2, -0.15) is 0 Å². The van der Waals surface area contributed by atoms with Crippen LogP contribution in [0.15, 0.2) is 18.2 Å².